The van der Waals surface area contributed by atoms with E-state index in [-0.39, 0.29) is 12.0 Å². The highest BCUT2D eigenvalue weighted by molar-refractivity contribution is 6.19. The van der Waals surface area contributed by atoms with Crippen molar-refractivity contribution in [1.82, 2.24) is 0 Å². The van der Waals surface area contributed by atoms with Crippen LogP contribution < -0.4 is 5.73 Å². The van der Waals surface area contributed by atoms with Gasteiger partial charge >= 0.3 is 0 Å². The van der Waals surface area contributed by atoms with E-state index < -0.39 is 0 Å². The van der Waals surface area contributed by atoms with Crippen LogP contribution in [-0.2, 0) is 4.79 Å². The maximum absolute atomic E-state index is 9.54. The fraction of sp³-hybridized carbons (Fsp3) is 0.500. The van der Waals surface area contributed by atoms with Crippen molar-refractivity contribution >= 4 is 16.1 Å². The minimum absolute atomic E-state index is 0.250. The first-order valence-electron chi connectivity index (χ1n) is 1.20. The zero-order valence-electron chi connectivity index (χ0n) is 2.69. The van der Waals surface area contributed by atoms with Crippen LogP contribution in [0.2, 0.25) is 6.04 Å². The lowest BCUT2D eigenvalue weighted by atomic mass is 10.8. The lowest BCUT2D eigenvalue weighted by Gasteiger charge is -1.72. The maximum atomic E-state index is 9.54. The Morgan fingerprint density at radius 1 is 2.00 bits per heavy atom. The van der Waals surface area contributed by atoms with E-state index in [1.54, 1.807) is 0 Å². The highest BCUT2D eigenvalue weighted by Gasteiger charge is 1.77. The molecule has 0 bridgehead atoms. The predicted octanol–water partition coefficient (Wildman–Crippen LogP) is -0.942. The van der Waals surface area contributed by atoms with Crippen molar-refractivity contribution in [3.05, 3.63) is 0 Å². The summed E-state index contributed by atoms with van der Waals surface area (Å²) in [4.78, 5) is 9.54. The summed E-state index contributed by atoms with van der Waals surface area (Å²) in [6.45, 7) is 0. The maximum Gasteiger partial charge on any atom is 0.213 e. The van der Waals surface area contributed by atoms with Gasteiger partial charge in [0, 0.05) is 16.3 Å². The minimum Gasteiger partial charge on any atom is -0.370 e. The van der Waals surface area contributed by atoms with Crippen molar-refractivity contribution < 1.29 is 4.79 Å². The molecule has 3 radical (unpaired) electrons. The number of nitrogens with two attached hydrogens (primary N) is 1. The molecule has 2 N–H and O–H groups in total. The van der Waals surface area contributed by atoms with Gasteiger partial charge in [0.05, 0.1) is 0 Å². The molecule has 0 aliphatic rings. The van der Waals surface area contributed by atoms with E-state index in [1.165, 1.54) is 0 Å². The van der Waals surface area contributed by atoms with Gasteiger partial charge in [-0.15, -0.1) is 0 Å². The first kappa shape index (κ1) is 4.69. The van der Waals surface area contributed by atoms with Gasteiger partial charge in [-0.1, -0.05) is 0 Å². The van der Waals surface area contributed by atoms with Gasteiger partial charge in [-0.25, -0.2) is 0 Å². The molecule has 0 saturated heterocycles. The van der Waals surface area contributed by atoms with Crippen LogP contribution in [0.1, 0.15) is 0 Å². The monoisotopic (exact) mass is 86.0 g/mol. The fourth-order valence-electron chi connectivity index (χ4n) is 0. The lowest BCUT2D eigenvalue weighted by molar-refractivity contribution is -0.115. The molecule has 0 rings (SSSR count). The molecule has 0 aliphatic heterocycles. The molecule has 0 aromatic heterocycles. The highest BCUT2D eigenvalue weighted by Crippen LogP contribution is 1.58. The van der Waals surface area contributed by atoms with Gasteiger partial charge in [-0.3, -0.25) is 4.79 Å². The average molecular weight is 86.1 g/mol. The van der Waals surface area contributed by atoms with Crippen molar-refractivity contribution in [2.24, 2.45) is 5.73 Å². The Labute approximate surface area is 33.8 Å². The molecule has 3 heteroatoms. The van der Waals surface area contributed by atoms with Gasteiger partial charge in [0.2, 0.25) is 5.91 Å². The number of carbonyl (C=O) groups is 1. The van der Waals surface area contributed by atoms with Crippen molar-refractivity contribution in [3.63, 3.8) is 0 Å². The van der Waals surface area contributed by atoms with Gasteiger partial charge in [0.25, 0.3) is 0 Å². The molecule has 2 nitrogen and oxygen atoms in total. The van der Waals surface area contributed by atoms with Crippen LogP contribution in [0, 0.1) is 0 Å². The molecule has 0 aliphatic carbocycles. The Morgan fingerprint density at radius 3 is 2.20 bits per heavy atom. The second-order valence-electron chi connectivity index (χ2n) is 0.643. The third-order valence-electron chi connectivity index (χ3n) is 0.174. The number of hydrogen-bond donors (Lipinski definition) is 1. The summed E-state index contributed by atoms with van der Waals surface area (Å²) in [5, 5.41) is 0. The molecular weight excluding hydrogens is 82.1 g/mol. The summed E-state index contributed by atoms with van der Waals surface area (Å²) >= 11 is 0. The molecule has 0 fully saturated rings. The van der Waals surface area contributed by atoms with Gasteiger partial charge in [-0.05, 0) is 0 Å². The van der Waals surface area contributed by atoms with Crippen LogP contribution >= 0.6 is 0 Å². The summed E-state index contributed by atoms with van der Waals surface area (Å²) in [7, 11) is 2.88. The Balaban J connectivity index is 2.85. The van der Waals surface area contributed by atoms with Crippen LogP contribution in [-0.4, -0.2) is 16.1 Å². The number of rotatable bonds is 1. The van der Waals surface area contributed by atoms with Gasteiger partial charge in [-0.2, -0.15) is 0 Å². The van der Waals surface area contributed by atoms with Crippen molar-refractivity contribution in [2.75, 3.05) is 0 Å². The highest BCUT2D eigenvalue weighted by atomic mass is 28.1. The zero-order chi connectivity index (χ0) is 4.28. The van der Waals surface area contributed by atoms with E-state index in [1.807, 2.05) is 0 Å². The Morgan fingerprint density at radius 2 is 2.20 bits per heavy atom. The lowest BCUT2D eigenvalue weighted by Crippen LogP contribution is -2.07. The van der Waals surface area contributed by atoms with Crippen molar-refractivity contribution in [2.45, 2.75) is 6.04 Å². The van der Waals surface area contributed by atoms with Crippen LogP contribution in [0.3, 0.4) is 0 Å². The average Bonchev–Trinajstić information content (AvgIpc) is 1.38. The Kier molecular flexibility index (Phi) is 1.84. The molecule has 27 valence electrons. The Bertz CT molecular complexity index is 44.9. The second-order valence-corrected chi connectivity index (χ2v) is 0.997. The third-order valence-corrected chi connectivity index (χ3v) is 0.523. The molecule has 0 aromatic rings. The zero-order valence-corrected chi connectivity index (χ0v) is 3.69. The van der Waals surface area contributed by atoms with Gasteiger partial charge in [0.15, 0.2) is 0 Å². The Hall–Kier alpha value is -0.313. The standard InChI is InChI=1S/C2H4NOSi/c3-2(4)1-5/h1H2,(H2,3,4). The molecule has 0 heterocycles. The topological polar surface area (TPSA) is 43.1 Å². The molecule has 0 spiro atoms. The summed E-state index contributed by atoms with van der Waals surface area (Å²) in [6.07, 6.45) is 0. The number of primary amides is 1. The van der Waals surface area contributed by atoms with E-state index in [4.69, 9.17) is 0 Å². The van der Waals surface area contributed by atoms with E-state index in [9.17, 15) is 4.79 Å². The van der Waals surface area contributed by atoms with Crippen LogP contribution in [0.25, 0.3) is 0 Å². The normalized spacial score (nSPS) is 7.40. The quantitative estimate of drug-likeness (QED) is 0.411. The summed E-state index contributed by atoms with van der Waals surface area (Å²) in [5.74, 6) is -0.332. The number of hydrogen-bond acceptors (Lipinski definition) is 1. The van der Waals surface area contributed by atoms with E-state index in [2.05, 4.69) is 16.0 Å². The predicted molar refractivity (Wildman–Crippen MR) is 19.8 cm³/mol. The minimum atomic E-state index is -0.332. The van der Waals surface area contributed by atoms with Crippen molar-refractivity contribution in [3.8, 4) is 0 Å². The first-order chi connectivity index (χ1) is 2.27. The molecule has 0 unspecified atom stereocenters. The largest absolute Gasteiger partial charge is 0.370 e. The second kappa shape index (κ2) is 1.96. The molecule has 1 amide bonds. The van der Waals surface area contributed by atoms with Crippen LogP contribution in [0.5, 0.6) is 0 Å². The summed E-state index contributed by atoms with van der Waals surface area (Å²) < 4.78 is 0. The number of amides is 1. The van der Waals surface area contributed by atoms with Crippen LogP contribution in [0.15, 0.2) is 0 Å². The summed E-state index contributed by atoms with van der Waals surface area (Å²) in [5.41, 5.74) is 4.60. The van der Waals surface area contributed by atoms with E-state index >= 15 is 0 Å². The van der Waals surface area contributed by atoms with Crippen LogP contribution in [0.4, 0.5) is 0 Å². The molecular formula is C2H4NOSi. The smallest absolute Gasteiger partial charge is 0.213 e. The molecule has 0 saturated carbocycles. The number of carbonyl (C=O) groups excluding carboxylic acids is 1. The fourth-order valence-corrected chi connectivity index (χ4v) is 0. The van der Waals surface area contributed by atoms with E-state index in [0.29, 0.717) is 0 Å². The molecule has 0 aromatic carbocycles. The van der Waals surface area contributed by atoms with Crippen molar-refractivity contribution in [1.29, 1.82) is 0 Å². The third kappa shape index (κ3) is 3.69. The first-order valence-corrected chi connectivity index (χ1v) is 1.91. The summed E-state index contributed by atoms with van der Waals surface area (Å²) in [6, 6.07) is 0.250. The van der Waals surface area contributed by atoms with Gasteiger partial charge in [0.1, 0.15) is 0 Å². The van der Waals surface area contributed by atoms with Gasteiger partial charge < -0.3 is 5.73 Å². The van der Waals surface area contributed by atoms with E-state index in [0.717, 1.165) is 0 Å². The molecule has 0 atom stereocenters. The molecule has 5 heavy (non-hydrogen) atoms. The SMILES string of the molecule is NC(=O)C[Si].